The molecule has 1 rings (SSSR count). The van der Waals surface area contributed by atoms with Gasteiger partial charge >= 0.3 is 10.4 Å². The molecule has 0 saturated heterocycles. The molecule has 4 nitrogen and oxygen atoms in total. The minimum Gasteiger partial charge on any atom is -0.248 e. The minimum absolute atomic E-state index is 0.320. The largest absolute Gasteiger partial charge is 0.400 e. The highest BCUT2D eigenvalue weighted by Gasteiger charge is 2.27. The van der Waals surface area contributed by atoms with Crippen molar-refractivity contribution in [2.75, 3.05) is 6.61 Å². The molecule has 1 aromatic rings. The van der Waals surface area contributed by atoms with Gasteiger partial charge in [0, 0.05) is 0 Å². The Balaban J connectivity index is 3.10. The van der Waals surface area contributed by atoms with Gasteiger partial charge in [-0.25, -0.2) is 30.3 Å². The predicted molar refractivity (Wildman–Crippen MR) is 51.6 cm³/mol. The van der Waals surface area contributed by atoms with E-state index in [1.807, 2.05) is 0 Å². The Labute approximate surface area is 105 Å². The van der Waals surface area contributed by atoms with Crippen LogP contribution in [0.1, 0.15) is 12.5 Å². The van der Waals surface area contributed by atoms with Crippen LogP contribution in [0.5, 0.6) is 0 Å². The molecule has 1 aromatic carbocycles. The molecule has 0 amide bonds. The van der Waals surface area contributed by atoms with Crippen LogP contribution in [0.3, 0.4) is 0 Å². The van der Waals surface area contributed by atoms with Gasteiger partial charge in [0.05, 0.1) is 18.8 Å². The Hall–Kier alpha value is -1.26. The Kier molecular flexibility index (Phi) is 4.82. The van der Waals surface area contributed by atoms with Gasteiger partial charge in [0.2, 0.25) is 5.82 Å². The molecule has 0 N–H and O–H groups in total. The van der Waals surface area contributed by atoms with Crippen LogP contribution >= 0.6 is 0 Å². The van der Waals surface area contributed by atoms with E-state index in [1.165, 1.54) is 6.92 Å². The lowest BCUT2D eigenvalue weighted by molar-refractivity contribution is 0.208. The summed E-state index contributed by atoms with van der Waals surface area (Å²) in [4.78, 5) is 0. The van der Waals surface area contributed by atoms with Crippen LogP contribution in [-0.2, 0) is 25.4 Å². The van der Waals surface area contributed by atoms with Gasteiger partial charge in [-0.05, 0) is 6.92 Å². The number of rotatable bonds is 5. The average molecular weight is 306 g/mol. The van der Waals surface area contributed by atoms with Crippen LogP contribution in [0.15, 0.2) is 0 Å². The number of halogens is 5. The van der Waals surface area contributed by atoms with Crippen molar-refractivity contribution >= 4 is 10.4 Å². The molecular weight excluding hydrogens is 299 g/mol. The lowest BCUT2D eigenvalue weighted by atomic mass is 10.2. The third kappa shape index (κ3) is 3.39. The molecule has 0 heterocycles. The van der Waals surface area contributed by atoms with Crippen LogP contribution < -0.4 is 0 Å². The normalized spacial score (nSPS) is 11.9. The molecule has 0 spiro atoms. The molecule has 0 aliphatic rings. The standard InChI is InChI=1S/C9H7F5O4S/c1-2-17-19(15,16)18-3-4-5(10)7(12)9(14)8(13)6(4)11/h2-3H2,1H3. The first-order chi connectivity index (χ1) is 8.71. The van der Waals surface area contributed by atoms with Crippen molar-refractivity contribution in [2.24, 2.45) is 0 Å². The summed E-state index contributed by atoms with van der Waals surface area (Å²) in [6, 6.07) is 0. The first-order valence-corrected chi connectivity index (χ1v) is 6.08. The fourth-order valence-corrected chi connectivity index (χ4v) is 1.71. The first kappa shape index (κ1) is 15.8. The van der Waals surface area contributed by atoms with Crippen molar-refractivity contribution in [1.29, 1.82) is 0 Å². The van der Waals surface area contributed by atoms with Gasteiger partial charge in [-0.2, -0.15) is 8.42 Å². The van der Waals surface area contributed by atoms with Crippen molar-refractivity contribution in [1.82, 2.24) is 0 Å². The van der Waals surface area contributed by atoms with E-state index in [9.17, 15) is 30.4 Å². The number of benzene rings is 1. The van der Waals surface area contributed by atoms with E-state index < -0.39 is 51.7 Å². The molecule has 108 valence electrons. The molecule has 0 aromatic heterocycles. The van der Waals surface area contributed by atoms with Gasteiger partial charge in [-0.1, -0.05) is 0 Å². The van der Waals surface area contributed by atoms with Crippen LogP contribution in [0.4, 0.5) is 22.0 Å². The average Bonchev–Trinajstić information content (AvgIpc) is 2.34. The zero-order valence-corrected chi connectivity index (χ0v) is 10.2. The van der Waals surface area contributed by atoms with Crippen molar-refractivity contribution in [2.45, 2.75) is 13.5 Å². The summed E-state index contributed by atoms with van der Waals surface area (Å²) in [5.74, 6) is -11.0. The number of hydrogen-bond acceptors (Lipinski definition) is 4. The molecule has 0 unspecified atom stereocenters. The van der Waals surface area contributed by atoms with Gasteiger partial charge in [0.25, 0.3) is 0 Å². The van der Waals surface area contributed by atoms with Gasteiger partial charge in [0.15, 0.2) is 23.3 Å². The van der Waals surface area contributed by atoms with Crippen LogP contribution in [0, 0.1) is 29.1 Å². The van der Waals surface area contributed by atoms with E-state index >= 15 is 0 Å². The monoisotopic (exact) mass is 306 g/mol. The second-order valence-electron chi connectivity index (χ2n) is 3.13. The topological polar surface area (TPSA) is 52.6 Å². The van der Waals surface area contributed by atoms with Gasteiger partial charge in [-0.15, -0.1) is 0 Å². The molecule has 0 fully saturated rings. The molecular formula is C9H7F5O4S. The molecule has 0 radical (unpaired) electrons. The molecule has 0 atom stereocenters. The summed E-state index contributed by atoms with van der Waals surface area (Å²) in [5, 5.41) is 0. The number of hydrogen-bond donors (Lipinski definition) is 0. The minimum atomic E-state index is -4.57. The van der Waals surface area contributed by atoms with E-state index in [-0.39, 0.29) is 6.61 Å². The summed E-state index contributed by atoms with van der Waals surface area (Å²) in [7, 11) is -4.57. The summed E-state index contributed by atoms with van der Waals surface area (Å²) in [6.45, 7) is -0.410. The highest BCUT2D eigenvalue weighted by atomic mass is 32.3. The van der Waals surface area contributed by atoms with Crippen molar-refractivity contribution in [3.63, 3.8) is 0 Å². The van der Waals surface area contributed by atoms with Crippen LogP contribution in [-0.4, -0.2) is 15.0 Å². The lowest BCUT2D eigenvalue weighted by Gasteiger charge is -2.08. The van der Waals surface area contributed by atoms with E-state index in [0.717, 1.165) is 0 Å². The predicted octanol–water partition coefficient (Wildman–Crippen LogP) is 2.18. The smallest absolute Gasteiger partial charge is 0.248 e. The maximum Gasteiger partial charge on any atom is 0.400 e. The zero-order valence-electron chi connectivity index (χ0n) is 9.35. The first-order valence-electron chi connectivity index (χ1n) is 4.75. The van der Waals surface area contributed by atoms with Gasteiger partial charge in [0.1, 0.15) is 0 Å². The van der Waals surface area contributed by atoms with E-state index in [1.54, 1.807) is 0 Å². The molecule has 10 heteroatoms. The van der Waals surface area contributed by atoms with Crippen LogP contribution in [0.25, 0.3) is 0 Å². The lowest BCUT2D eigenvalue weighted by Crippen LogP contribution is -2.13. The highest BCUT2D eigenvalue weighted by molar-refractivity contribution is 7.81. The summed E-state index contributed by atoms with van der Waals surface area (Å²) in [5.41, 5.74) is -1.40. The van der Waals surface area contributed by atoms with E-state index in [2.05, 4.69) is 8.37 Å². The molecule has 19 heavy (non-hydrogen) atoms. The molecule has 0 bridgehead atoms. The summed E-state index contributed by atoms with van der Waals surface area (Å²) >= 11 is 0. The fraction of sp³-hybridized carbons (Fsp3) is 0.333. The van der Waals surface area contributed by atoms with Gasteiger partial charge in [-0.3, -0.25) is 0 Å². The van der Waals surface area contributed by atoms with E-state index in [0.29, 0.717) is 0 Å². The zero-order chi connectivity index (χ0) is 14.8. The third-order valence-electron chi connectivity index (χ3n) is 1.91. The summed E-state index contributed by atoms with van der Waals surface area (Å²) in [6.07, 6.45) is 0. The quantitative estimate of drug-likeness (QED) is 0.475. The second-order valence-corrected chi connectivity index (χ2v) is 4.41. The molecule has 0 aliphatic heterocycles. The van der Waals surface area contributed by atoms with Crippen molar-refractivity contribution in [3.05, 3.63) is 34.6 Å². The third-order valence-corrected chi connectivity index (χ3v) is 2.84. The molecule has 0 aliphatic carbocycles. The second kappa shape index (κ2) is 5.80. The maximum atomic E-state index is 13.1. The van der Waals surface area contributed by atoms with Crippen LogP contribution in [0.2, 0.25) is 0 Å². The SMILES string of the molecule is CCOS(=O)(=O)OCc1c(F)c(F)c(F)c(F)c1F. The Morgan fingerprint density at radius 3 is 1.68 bits per heavy atom. The summed E-state index contributed by atoms with van der Waals surface area (Å²) < 4.78 is 94.3. The van der Waals surface area contributed by atoms with Gasteiger partial charge < -0.3 is 0 Å². The van der Waals surface area contributed by atoms with Crippen molar-refractivity contribution < 1.29 is 38.7 Å². The molecule has 0 saturated carbocycles. The van der Waals surface area contributed by atoms with Crippen molar-refractivity contribution in [3.8, 4) is 0 Å². The Morgan fingerprint density at radius 1 is 0.842 bits per heavy atom. The Bertz CT molecular complexity index is 558. The fourth-order valence-electron chi connectivity index (χ4n) is 1.09. The maximum absolute atomic E-state index is 13.1. The van der Waals surface area contributed by atoms with E-state index in [4.69, 9.17) is 0 Å². The highest BCUT2D eigenvalue weighted by Crippen LogP contribution is 2.24. The Morgan fingerprint density at radius 2 is 1.26 bits per heavy atom.